The summed E-state index contributed by atoms with van der Waals surface area (Å²) in [5.74, 6) is 2.89. The Morgan fingerprint density at radius 1 is 1.09 bits per heavy atom. The molecule has 2 unspecified atom stereocenters. The molecule has 2 heterocycles. The van der Waals surface area contributed by atoms with Gasteiger partial charge in [-0.05, 0) is 61.9 Å². The predicted molar refractivity (Wildman–Crippen MR) is 134 cm³/mol. The fourth-order valence-corrected chi connectivity index (χ4v) is 5.15. The Morgan fingerprint density at radius 3 is 2.57 bits per heavy atom. The number of likely N-dealkylation sites (tertiary alicyclic amines) is 1. The van der Waals surface area contributed by atoms with E-state index in [9.17, 15) is 9.59 Å². The topological polar surface area (TPSA) is 77.1 Å². The van der Waals surface area contributed by atoms with Crippen molar-refractivity contribution in [2.24, 2.45) is 5.92 Å². The van der Waals surface area contributed by atoms with E-state index in [4.69, 9.17) is 14.2 Å². The van der Waals surface area contributed by atoms with Crippen LogP contribution in [0.25, 0.3) is 0 Å². The number of ether oxygens (including phenoxy) is 3. The van der Waals surface area contributed by atoms with Gasteiger partial charge in [0, 0.05) is 43.5 Å². The van der Waals surface area contributed by atoms with E-state index in [-0.39, 0.29) is 17.4 Å². The highest BCUT2D eigenvalue weighted by molar-refractivity contribution is 5.80. The molecule has 2 atom stereocenters. The van der Waals surface area contributed by atoms with Gasteiger partial charge in [0.05, 0.1) is 20.8 Å². The molecule has 188 valence electrons. The molecule has 7 nitrogen and oxygen atoms in total. The van der Waals surface area contributed by atoms with Crippen molar-refractivity contribution in [2.75, 3.05) is 33.9 Å². The first-order chi connectivity index (χ1) is 17.0. The number of carbonyl (C=O) groups excluding carboxylic acids is 2. The van der Waals surface area contributed by atoms with Gasteiger partial charge in [0.1, 0.15) is 17.2 Å². The van der Waals surface area contributed by atoms with Crippen LogP contribution in [-0.2, 0) is 16.0 Å². The van der Waals surface area contributed by atoms with Crippen LogP contribution in [0.4, 0.5) is 0 Å². The minimum absolute atomic E-state index is 0.0682. The van der Waals surface area contributed by atoms with Crippen molar-refractivity contribution in [3.05, 3.63) is 54.1 Å². The summed E-state index contributed by atoms with van der Waals surface area (Å²) in [5, 5.41) is 3.19. The molecule has 2 aliphatic heterocycles. The van der Waals surface area contributed by atoms with Gasteiger partial charge in [-0.3, -0.25) is 9.59 Å². The van der Waals surface area contributed by atoms with Crippen LogP contribution in [0.1, 0.15) is 44.1 Å². The van der Waals surface area contributed by atoms with E-state index < -0.39 is 0 Å². The first-order valence-electron chi connectivity index (χ1n) is 12.5. The molecule has 2 saturated heterocycles. The second-order valence-corrected chi connectivity index (χ2v) is 9.69. The molecule has 0 bridgehead atoms. The maximum Gasteiger partial charge on any atom is 0.222 e. The molecule has 0 saturated carbocycles. The van der Waals surface area contributed by atoms with E-state index in [0.29, 0.717) is 44.8 Å². The summed E-state index contributed by atoms with van der Waals surface area (Å²) in [6.45, 7) is 2.07. The zero-order valence-corrected chi connectivity index (χ0v) is 20.8. The summed E-state index contributed by atoms with van der Waals surface area (Å²) in [4.78, 5) is 27.2. The largest absolute Gasteiger partial charge is 0.497 e. The lowest BCUT2D eigenvalue weighted by molar-refractivity contribution is -0.134. The van der Waals surface area contributed by atoms with Gasteiger partial charge < -0.3 is 24.4 Å². The van der Waals surface area contributed by atoms with Gasteiger partial charge in [0.15, 0.2) is 0 Å². The SMILES string of the molecule is COc1ccc(CC2(CCC(=O)N3CCCC(COc4cccc(OC)c4)C3)CCC(=O)N2)cc1. The number of hydrogen-bond acceptors (Lipinski definition) is 5. The highest BCUT2D eigenvalue weighted by Gasteiger charge is 2.38. The van der Waals surface area contributed by atoms with Crippen molar-refractivity contribution in [3.63, 3.8) is 0 Å². The summed E-state index contributed by atoms with van der Waals surface area (Å²) in [6, 6.07) is 15.5. The number of nitrogens with one attached hydrogen (secondary N) is 1. The van der Waals surface area contributed by atoms with Crippen LogP contribution >= 0.6 is 0 Å². The molecule has 2 amide bonds. The second kappa shape index (κ2) is 11.5. The lowest BCUT2D eigenvalue weighted by atomic mass is 9.84. The van der Waals surface area contributed by atoms with E-state index in [0.717, 1.165) is 48.6 Å². The summed E-state index contributed by atoms with van der Waals surface area (Å²) < 4.78 is 16.5. The zero-order chi connectivity index (χ0) is 24.7. The molecule has 0 spiro atoms. The zero-order valence-electron chi connectivity index (χ0n) is 20.8. The Bertz CT molecular complexity index is 1010. The van der Waals surface area contributed by atoms with E-state index in [1.807, 2.05) is 53.4 Å². The van der Waals surface area contributed by atoms with E-state index >= 15 is 0 Å². The van der Waals surface area contributed by atoms with E-state index in [1.165, 1.54) is 0 Å². The fourth-order valence-electron chi connectivity index (χ4n) is 5.15. The highest BCUT2D eigenvalue weighted by Crippen LogP contribution is 2.31. The third-order valence-electron chi connectivity index (χ3n) is 7.15. The van der Waals surface area contributed by atoms with Crippen LogP contribution in [0.2, 0.25) is 0 Å². The standard InChI is InChI=1S/C28H36N2O5/c1-33-23-10-8-21(9-11-23)18-28(14-12-26(31)29-28)15-13-27(32)30-16-4-5-22(19-30)20-35-25-7-3-6-24(17-25)34-2/h3,6-11,17,22H,4-5,12-16,18-20H2,1-2H3,(H,29,31). The van der Waals surface area contributed by atoms with Crippen LogP contribution in [0.5, 0.6) is 17.2 Å². The molecule has 2 fully saturated rings. The molecule has 2 aromatic rings. The molecule has 0 aromatic heterocycles. The van der Waals surface area contributed by atoms with Gasteiger partial charge in [0.2, 0.25) is 11.8 Å². The molecular weight excluding hydrogens is 444 g/mol. The van der Waals surface area contributed by atoms with E-state index in [1.54, 1.807) is 14.2 Å². The smallest absolute Gasteiger partial charge is 0.222 e. The van der Waals surface area contributed by atoms with Gasteiger partial charge >= 0.3 is 0 Å². The van der Waals surface area contributed by atoms with Gasteiger partial charge in [-0.2, -0.15) is 0 Å². The summed E-state index contributed by atoms with van der Waals surface area (Å²) in [6.07, 6.45) is 5.08. The van der Waals surface area contributed by atoms with E-state index in [2.05, 4.69) is 5.32 Å². The van der Waals surface area contributed by atoms with Crippen LogP contribution in [0, 0.1) is 5.92 Å². The molecule has 2 aromatic carbocycles. The summed E-state index contributed by atoms with van der Waals surface area (Å²) in [7, 11) is 3.29. The predicted octanol–water partition coefficient (Wildman–Crippen LogP) is 3.99. The molecule has 4 rings (SSSR count). The van der Waals surface area contributed by atoms with Gasteiger partial charge in [-0.15, -0.1) is 0 Å². The average Bonchev–Trinajstić information content (AvgIpc) is 3.27. The van der Waals surface area contributed by atoms with Crippen LogP contribution in [-0.4, -0.2) is 56.2 Å². The highest BCUT2D eigenvalue weighted by atomic mass is 16.5. The normalized spacial score (nSPS) is 21.9. The lowest BCUT2D eigenvalue weighted by Gasteiger charge is -2.34. The molecule has 35 heavy (non-hydrogen) atoms. The Balaban J connectivity index is 1.31. The van der Waals surface area contributed by atoms with Crippen LogP contribution in [0.3, 0.4) is 0 Å². The number of piperidine rings is 1. The first-order valence-corrected chi connectivity index (χ1v) is 12.5. The van der Waals surface area contributed by atoms with Crippen LogP contribution in [0.15, 0.2) is 48.5 Å². The maximum absolute atomic E-state index is 13.2. The number of benzene rings is 2. The van der Waals surface area contributed by atoms with Crippen molar-refractivity contribution in [1.82, 2.24) is 10.2 Å². The number of amides is 2. The Kier molecular flexibility index (Phi) is 8.16. The molecule has 2 aliphatic rings. The van der Waals surface area contributed by atoms with Crippen molar-refractivity contribution < 1.29 is 23.8 Å². The Hall–Kier alpha value is -3.22. The number of carbonyl (C=O) groups is 2. The molecule has 0 aliphatic carbocycles. The van der Waals surface area contributed by atoms with Crippen molar-refractivity contribution in [1.29, 1.82) is 0 Å². The first kappa shape index (κ1) is 24.9. The number of hydrogen-bond donors (Lipinski definition) is 1. The molecule has 7 heteroatoms. The fraction of sp³-hybridized carbons (Fsp3) is 0.500. The Morgan fingerprint density at radius 2 is 1.86 bits per heavy atom. The van der Waals surface area contributed by atoms with Crippen molar-refractivity contribution in [3.8, 4) is 17.2 Å². The quantitative estimate of drug-likeness (QED) is 0.556. The van der Waals surface area contributed by atoms with Gasteiger partial charge in [0.25, 0.3) is 0 Å². The van der Waals surface area contributed by atoms with Crippen LogP contribution < -0.4 is 19.5 Å². The second-order valence-electron chi connectivity index (χ2n) is 9.69. The minimum atomic E-state index is -0.369. The van der Waals surface area contributed by atoms with Gasteiger partial charge in [-0.1, -0.05) is 18.2 Å². The van der Waals surface area contributed by atoms with Crippen molar-refractivity contribution >= 4 is 11.8 Å². The third-order valence-corrected chi connectivity index (χ3v) is 7.15. The summed E-state index contributed by atoms with van der Waals surface area (Å²) in [5.41, 5.74) is 0.764. The lowest BCUT2D eigenvalue weighted by Crippen LogP contribution is -2.46. The average molecular weight is 481 g/mol. The molecule has 1 N–H and O–H groups in total. The monoisotopic (exact) mass is 480 g/mol. The van der Waals surface area contributed by atoms with Crippen molar-refractivity contribution in [2.45, 2.75) is 50.5 Å². The number of rotatable bonds is 10. The summed E-state index contributed by atoms with van der Waals surface area (Å²) >= 11 is 0. The number of methoxy groups -OCH3 is 2. The minimum Gasteiger partial charge on any atom is -0.497 e. The molecule has 0 radical (unpaired) electrons. The molecular formula is C28H36N2O5. The van der Waals surface area contributed by atoms with Gasteiger partial charge in [-0.25, -0.2) is 0 Å². The maximum atomic E-state index is 13.2. The third kappa shape index (κ3) is 6.68. The Labute approximate surface area is 207 Å². The number of nitrogens with zero attached hydrogens (tertiary/aromatic N) is 1.